The van der Waals surface area contributed by atoms with Crippen LogP contribution in [0.15, 0.2) is 24.3 Å². The van der Waals surface area contributed by atoms with Crippen LogP contribution in [0.3, 0.4) is 0 Å². The molecule has 1 aromatic carbocycles. The Bertz CT molecular complexity index is 362. The number of hydrogen-bond donors (Lipinski definition) is 1. The van der Waals surface area contributed by atoms with E-state index < -0.39 is 10.8 Å². The van der Waals surface area contributed by atoms with Gasteiger partial charge in [-0.3, -0.25) is 4.21 Å². The third kappa shape index (κ3) is 4.13. The molecule has 0 bridgehead atoms. The van der Waals surface area contributed by atoms with Gasteiger partial charge in [-0.05, 0) is 24.7 Å². The van der Waals surface area contributed by atoms with E-state index in [0.717, 1.165) is 11.3 Å². The van der Waals surface area contributed by atoms with Crippen molar-refractivity contribution in [1.82, 2.24) is 5.32 Å². The summed E-state index contributed by atoms with van der Waals surface area (Å²) in [6.45, 7) is 3.97. The first-order valence-electron chi connectivity index (χ1n) is 5.77. The van der Waals surface area contributed by atoms with Gasteiger partial charge in [-0.25, -0.2) is 0 Å². The van der Waals surface area contributed by atoms with Crippen LogP contribution in [0.1, 0.15) is 25.5 Å². The van der Waals surface area contributed by atoms with Gasteiger partial charge in [0.15, 0.2) is 0 Å². The van der Waals surface area contributed by atoms with Gasteiger partial charge in [0.25, 0.3) is 0 Å². The first-order chi connectivity index (χ1) is 8.08. The summed E-state index contributed by atoms with van der Waals surface area (Å²) in [5, 5.41) is 3.41. The lowest BCUT2D eigenvalue weighted by Crippen LogP contribution is -2.25. The van der Waals surface area contributed by atoms with Crippen molar-refractivity contribution >= 4 is 10.8 Å². The molecule has 0 saturated heterocycles. The van der Waals surface area contributed by atoms with Crippen molar-refractivity contribution in [3.8, 4) is 5.75 Å². The third-order valence-corrected chi connectivity index (χ3v) is 4.44. The summed E-state index contributed by atoms with van der Waals surface area (Å²) in [7, 11) is 2.74. The van der Waals surface area contributed by atoms with Crippen LogP contribution in [-0.2, 0) is 10.8 Å². The molecule has 0 heterocycles. The number of nitrogens with one attached hydrogen (secondary N) is 1. The van der Waals surface area contributed by atoms with E-state index in [1.807, 2.05) is 45.2 Å². The Hall–Kier alpha value is -0.870. The molecule has 0 aliphatic rings. The molecule has 1 aromatic rings. The fraction of sp³-hybridized carbons (Fsp3) is 0.538. The van der Waals surface area contributed by atoms with Crippen LogP contribution in [0, 0.1) is 0 Å². The van der Waals surface area contributed by atoms with Crippen molar-refractivity contribution in [3.63, 3.8) is 0 Å². The van der Waals surface area contributed by atoms with Crippen LogP contribution in [0.2, 0.25) is 0 Å². The largest absolute Gasteiger partial charge is 0.497 e. The first kappa shape index (κ1) is 14.2. The molecule has 4 heteroatoms. The predicted molar refractivity (Wildman–Crippen MR) is 72.9 cm³/mol. The van der Waals surface area contributed by atoms with Crippen LogP contribution in [0.4, 0.5) is 0 Å². The maximum Gasteiger partial charge on any atom is 0.118 e. The average Bonchev–Trinajstić information content (AvgIpc) is 2.35. The van der Waals surface area contributed by atoms with Gasteiger partial charge in [0.1, 0.15) is 5.75 Å². The Balaban J connectivity index is 2.75. The molecule has 17 heavy (non-hydrogen) atoms. The summed E-state index contributed by atoms with van der Waals surface area (Å²) in [5.74, 6) is 1.48. The smallest absolute Gasteiger partial charge is 0.118 e. The maximum absolute atomic E-state index is 11.9. The van der Waals surface area contributed by atoms with Gasteiger partial charge in [-0.15, -0.1) is 0 Å². The number of hydrogen-bond acceptors (Lipinski definition) is 3. The van der Waals surface area contributed by atoms with Gasteiger partial charge < -0.3 is 10.1 Å². The van der Waals surface area contributed by atoms with Crippen molar-refractivity contribution in [2.45, 2.75) is 25.1 Å². The number of ether oxygens (including phenoxy) is 1. The molecule has 0 aliphatic heterocycles. The van der Waals surface area contributed by atoms with Crippen LogP contribution in [0.25, 0.3) is 0 Å². The van der Waals surface area contributed by atoms with Crippen molar-refractivity contribution in [2.75, 3.05) is 19.9 Å². The van der Waals surface area contributed by atoms with E-state index in [1.165, 1.54) is 0 Å². The minimum Gasteiger partial charge on any atom is -0.497 e. The van der Waals surface area contributed by atoms with Crippen LogP contribution in [0.5, 0.6) is 5.75 Å². The monoisotopic (exact) mass is 255 g/mol. The molecule has 0 fully saturated rings. The topological polar surface area (TPSA) is 38.3 Å². The molecule has 2 unspecified atom stereocenters. The lowest BCUT2D eigenvalue weighted by atomic mass is 10.1. The van der Waals surface area contributed by atoms with E-state index in [2.05, 4.69) is 5.32 Å². The highest BCUT2D eigenvalue weighted by Crippen LogP contribution is 2.19. The molecule has 0 aliphatic carbocycles. The fourth-order valence-corrected chi connectivity index (χ4v) is 2.61. The van der Waals surface area contributed by atoms with Crippen LogP contribution in [-0.4, -0.2) is 29.4 Å². The molecular formula is C13H21NO2S. The third-order valence-electron chi connectivity index (χ3n) is 2.72. The zero-order chi connectivity index (χ0) is 12.8. The summed E-state index contributed by atoms with van der Waals surface area (Å²) in [4.78, 5) is 0. The molecule has 3 nitrogen and oxygen atoms in total. The van der Waals surface area contributed by atoms with E-state index in [1.54, 1.807) is 7.11 Å². The summed E-state index contributed by atoms with van der Waals surface area (Å²) < 4.78 is 17.0. The molecule has 96 valence electrons. The van der Waals surface area contributed by atoms with Crippen LogP contribution < -0.4 is 10.1 Å². The molecule has 2 atom stereocenters. The second kappa shape index (κ2) is 6.77. The van der Waals surface area contributed by atoms with Gasteiger partial charge in [0, 0.05) is 27.8 Å². The lowest BCUT2D eigenvalue weighted by molar-refractivity contribution is 0.414. The summed E-state index contributed by atoms with van der Waals surface area (Å²) >= 11 is 0. The normalized spacial score (nSPS) is 14.6. The van der Waals surface area contributed by atoms with Crippen molar-refractivity contribution < 1.29 is 8.95 Å². The zero-order valence-electron chi connectivity index (χ0n) is 10.9. The Kier molecular flexibility index (Phi) is 5.65. The Morgan fingerprint density at radius 2 is 1.88 bits per heavy atom. The van der Waals surface area contributed by atoms with Crippen molar-refractivity contribution in [1.29, 1.82) is 0 Å². The maximum atomic E-state index is 11.9. The van der Waals surface area contributed by atoms with Gasteiger partial charge in [0.05, 0.1) is 7.11 Å². The fourth-order valence-electron chi connectivity index (χ4n) is 1.54. The van der Waals surface area contributed by atoms with E-state index in [0.29, 0.717) is 5.75 Å². The Labute approximate surface area is 106 Å². The van der Waals surface area contributed by atoms with Gasteiger partial charge in [0.2, 0.25) is 0 Å². The number of methoxy groups -OCH3 is 1. The van der Waals surface area contributed by atoms with E-state index in [-0.39, 0.29) is 11.3 Å². The van der Waals surface area contributed by atoms with Crippen LogP contribution >= 0.6 is 0 Å². The molecule has 0 amide bonds. The highest BCUT2D eigenvalue weighted by atomic mass is 32.2. The Morgan fingerprint density at radius 1 is 1.29 bits per heavy atom. The van der Waals surface area contributed by atoms with Crippen molar-refractivity contribution in [3.05, 3.63) is 29.8 Å². The summed E-state index contributed by atoms with van der Waals surface area (Å²) in [6.07, 6.45) is 0. The molecule has 0 saturated carbocycles. The summed E-state index contributed by atoms with van der Waals surface area (Å²) in [6, 6.07) is 8.01. The highest BCUT2D eigenvalue weighted by molar-refractivity contribution is 7.85. The van der Waals surface area contributed by atoms with E-state index >= 15 is 0 Å². The minimum atomic E-state index is -0.803. The quantitative estimate of drug-likeness (QED) is 0.846. The number of benzene rings is 1. The molecule has 0 aromatic heterocycles. The van der Waals surface area contributed by atoms with E-state index in [9.17, 15) is 4.21 Å². The second-order valence-corrected chi connectivity index (χ2v) is 6.25. The highest BCUT2D eigenvalue weighted by Gasteiger charge is 2.15. The average molecular weight is 255 g/mol. The second-order valence-electron chi connectivity index (χ2n) is 4.21. The van der Waals surface area contributed by atoms with Gasteiger partial charge in [-0.1, -0.05) is 26.0 Å². The SMILES string of the molecule is CNC(CS(=O)C(C)C)c1ccc(OC)cc1. The van der Waals surface area contributed by atoms with E-state index in [4.69, 9.17) is 4.74 Å². The number of rotatable bonds is 6. The molecule has 0 spiro atoms. The van der Waals surface area contributed by atoms with Crippen molar-refractivity contribution in [2.24, 2.45) is 0 Å². The first-order valence-corrected chi connectivity index (χ1v) is 7.15. The molecule has 1 N–H and O–H groups in total. The zero-order valence-corrected chi connectivity index (χ0v) is 11.7. The standard InChI is InChI=1S/C13H21NO2S/c1-10(2)17(15)9-13(14-3)11-5-7-12(16-4)8-6-11/h5-8,10,13-14H,9H2,1-4H3. The van der Waals surface area contributed by atoms with Gasteiger partial charge >= 0.3 is 0 Å². The molecule has 1 rings (SSSR count). The molecular weight excluding hydrogens is 234 g/mol. The minimum absolute atomic E-state index is 0.129. The Morgan fingerprint density at radius 3 is 2.29 bits per heavy atom. The van der Waals surface area contributed by atoms with Gasteiger partial charge in [-0.2, -0.15) is 0 Å². The molecule has 0 radical (unpaired) electrons. The summed E-state index contributed by atoms with van der Waals surface area (Å²) in [5.41, 5.74) is 1.14. The lowest BCUT2D eigenvalue weighted by Gasteiger charge is -2.17. The predicted octanol–water partition coefficient (Wildman–Crippen LogP) is 2.11.